The van der Waals surface area contributed by atoms with Crippen molar-refractivity contribution in [3.05, 3.63) is 35.4 Å². The molecule has 1 heterocycles. The molecule has 0 aliphatic carbocycles. The summed E-state index contributed by atoms with van der Waals surface area (Å²) in [7, 11) is 0. The molecule has 1 N–H and O–H groups in total. The van der Waals surface area contributed by atoms with E-state index in [0.717, 1.165) is 36.5 Å². The van der Waals surface area contributed by atoms with Crippen molar-refractivity contribution in [2.24, 2.45) is 0 Å². The lowest BCUT2D eigenvalue weighted by molar-refractivity contribution is 0.126. The molecular formula is C23H35ClN2O. The third-order valence-electron chi connectivity index (χ3n) is 4.83. The maximum atomic E-state index is 6.22. The Morgan fingerprint density at radius 3 is 2.33 bits per heavy atom. The molecule has 3 nitrogen and oxygen atoms in total. The van der Waals surface area contributed by atoms with Gasteiger partial charge in [0.05, 0.1) is 10.5 Å². The van der Waals surface area contributed by atoms with Crippen molar-refractivity contribution in [2.45, 2.75) is 71.1 Å². The van der Waals surface area contributed by atoms with Crippen molar-refractivity contribution in [2.75, 3.05) is 25.1 Å². The minimum atomic E-state index is 0.709. The first-order valence-corrected chi connectivity index (χ1v) is 11.1. The molecule has 27 heavy (non-hydrogen) atoms. The summed E-state index contributed by atoms with van der Waals surface area (Å²) >= 11 is 6.22. The third-order valence-corrected chi connectivity index (χ3v) is 5.14. The van der Waals surface area contributed by atoms with Crippen LogP contribution >= 0.6 is 11.6 Å². The standard InChI is InChI=1S/C23H35ClN2O/c1-2-3-4-10-18-27-19-11-8-6-5-7-9-17-25-22-16-15-20-13-12-14-21(24)23(20)26-22/h12-16H,2-11,17-19H2,1H3,(H,25,26). The lowest BCUT2D eigenvalue weighted by Crippen LogP contribution is -2.03. The zero-order chi connectivity index (χ0) is 19.2. The molecule has 2 rings (SSSR count). The topological polar surface area (TPSA) is 34.1 Å². The largest absolute Gasteiger partial charge is 0.381 e. The van der Waals surface area contributed by atoms with E-state index in [0.29, 0.717) is 5.02 Å². The van der Waals surface area contributed by atoms with Gasteiger partial charge < -0.3 is 10.1 Å². The molecule has 0 bridgehead atoms. The van der Waals surface area contributed by atoms with Crippen LogP contribution in [0.3, 0.4) is 0 Å². The van der Waals surface area contributed by atoms with Crippen molar-refractivity contribution < 1.29 is 4.74 Å². The molecule has 0 fully saturated rings. The Balaban J connectivity index is 1.44. The molecule has 2 aromatic rings. The first kappa shape index (κ1) is 22.0. The van der Waals surface area contributed by atoms with Gasteiger partial charge in [-0.25, -0.2) is 4.98 Å². The molecule has 0 amide bonds. The predicted molar refractivity (Wildman–Crippen MR) is 118 cm³/mol. The minimum absolute atomic E-state index is 0.709. The van der Waals surface area contributed by atoms with Gasteiger partial charge in [0, 0.05) is 25.1 Å². The van der Waals surface area contributed by atoms with E-state index in [4.69, 9.17) is 16.3 Å². The number of halogens is 1. The maximum absolute atomic E-state index is 6.22. The Morgan fingerprint density at radius 1 is 0.852 bits per heavy atom. The second-order valence-corrected chi connectivity index (χ2v) is 7.64. The number of para-hydroxylation sites is 1. The fourth-order valence-corrected chi connectivity index (χ4v) is 3.42. The van der Waals surface area contributed by atoms with Crippen LogP contribution in [-0.4, -0.2) is 24.7 Å². The maximum Gasteiger partial charge on any atom is 0.126 e. The van der Waals surface area contributed by atoms with Crippen LogP contribution in [0.1, 0.15) is 71.1 Å². The number of nitrogens with zero attached hydrogens (tertiary/aromatic N) is 1. The highest BCUT2D eigenvalue weighted by Gasteiger charge is 2.01. The number of nitrogens with one attached hydrogen (secondary N) is 1. The van der Waals surface area contributed by atoms with E-state index in [9.17, 15) is 0 Å². The van der Waals surface area contributed by atoms with Gasteiger partial charge in [0.2, 0.25) is 0 Å². The van der Waals surface area contributed by atoms with Gasteiger partial charge in [-0.2, -0.15) is 0 Å². The molecular weight excluding hydrogens is 356 g/mol. The van der Waals surface area contributed by atoms with Crippen LogP contribution in [0.25, 0.3) is 10.9 Å². The van der Waals surface area contributed by atoms with E-state index < -0.39 is 0 Å². The van der Waals surface area contributed by atoms with Gasteiger partial charge in [0.15, 0.2) is 0 Å². The van der Waals surface area contributed by atoms with Crippen molar-refractivity contribution >= 4 is 28.3 Å². The normalized spacial score (nSPS) is 11.2. The molecule has 0 spiro atoms. The minimum Gasteiger partial charge on any atom is -0.381 e. The van der Waals surface area contributed by atoms with Gasteiger partial charge in [0.25, 0.3) is 0 Å². The summed E-state index contributed by atoms with van der Waals surface area (Å²) < 4.78 is 5.69. The molecule has 0 unspecified atom stereocenters. The van der Waals surface area contributed by atoms with Crippen LogP contribution < -0.4 is 5.32 Å². The smallest absolute Gasteiger partial charge is 0.126 e. The summed E-state index contributed by atoms with van der Waals surface area (Å²) in [6.45, 7) is 5.08. The molecule has 1 aromatic heterocycles. The average Bonchev–Trinajstić information content (AvgIpc) is 2.69. The molecule has 0 aliphatic heterocycles. The number of rotatable bonds is 15. The summed E-state index contributed by atoms with van der Waals surface area (Å²) in [5, 5.41) is 5.20. The number of ether oxygens (including phenoxy) is 1. The Hall–Kier alpha value is -1.32. The van der Waals surface area contributed by atoms with Crippen LogP contribution in [0.4, 0.5) is 5.82 Å². The summed E-state index contributed by atoms with van der Waals surface area (Å²) in [5.41, 5.74) is 0.872. The average molecular weight is 391 g/mol. The lowest BCUT2D eigenvalue weighted by Gasteiger charge is -2.08. The fraction of sp³-hybridized carbons (Fsp3) is 0.609. The van der Waals surface area contributed by atoms with E-state index in [1.807, 2.05) is 24.3 Å². The fourth-order valence-electron chi connectivity index (χ4n) is 3.20. The van der Waals surface area contributed by atoms with Crippen molar-refractivity contribution in [1.82, 2.24) is 4.98 Å². The van der Waals surface area contributed by atoms with E-state index >= 15 is 0 Å². The highest BCUT2D eigenvalue weighted by molar-refractivity contribution is 6.35. The van der Waals surface area contributed by atoms with Gasteiger partial charge in [-0.3, -0.25) is 0 Å². The lowest BCUT2D eigenvalue weighted by atomic mass is 10.1. The zero-order valence-corrected chi connectivity index (χ0v) is 17.6. The van der Waals surface area contributed by atoms with Crippen molar-refractivity contribution in [3.63, 3.8) is 0 Å². The van der Waals surface area contributed by atoms with Gasteiger partial charge >= 0.3 is 0 Å². The van der Waals surface area contributed by atoms with Crippen LogP contribution in [0, 0.1) is 0 Å². The number of hydrogen-bond donors (Lipinski definition) is 1. The quantitative estimate of drug-likeness (QED) is 0.325. The molecule has 0 radical (unpaired) electrons. The number of aromatic nitrogens is 1. The number of anilines is 1. The van der Waals surface area contributed by atoms with Crippen LogP contribution in [0.5, 0.6) is 0 Å². The highest BCUT2D eigenvalue weighted by Crippen LogP contribution is 2.22. The molecule has 0 saturated heterocycles. The number of fused-ring (bicyclic) bond motifs is 1. The van der Waals surface area contributed by atoms with Crippen molar-refractivity contribution in [3.8, 4) is 0 Å². The van der Waals surface area contributed by atoms with E-state index in [-0.39, 0.29) is 0 Å². The molecule has 0 aliphatic rings. The van der Waals surface area contributed by atoms with Crippen molar-refractivity contribution in [1.29, 1.82) is 0 Å². The van der Waals surface area contributed by atoms with Crippen LogP contribution in [0.2, 0.25) is 5.02 Å². The first-order chi connectivity index (χ1) is 13.3. The Labute approximate surface area is 169 Å². The monoisotopic (exact) mass is 390 g/mol. The molecule has 0 saturated carbocycles. The molecule has 150 valence electrons. The summed E-state index contributed by atoms with van der Waals surface area (Å²) in [5.74, 6) is 0.909. The van der Waals surface area contributed by atoms with Gasteiger partial charge in [0.1, 0.15) is 5.82 Å². The first-order valence-electron chi connectivity index (χ1n) is 10.7. The Kier molecular flexibility index (Phi) is 11.2. The molecule has 0 atom stereocenters. The molecule has 4 heteroatoms. The van der Waals surface area contributed by atoms with Gasteiger partial charge in [-0.05, 0) is 37.5 Å². The predicted octanol–water partition coefficient (Wildman–Crippen LogP) is 7.24. The number of hydrogen-bond acceptors (Lipinski definition) is 3. The van der Waals surface area contributed by atoms with Crippen LogP contribution in [-0.2, 0) is 4.74 Å². The third kappa shape index (κ3) is 8.94. The summed E-state index contributed by atoms with van der Waals surface area (Å²) in [4.78, 5) is 4.62. The second-order valence-electron chi connectivity index (χ2n) is 7.23. The number of benzene rings is 1. The number of unbranched alkanes of at least 4 members (excludes halogenated alkanes) is 8. The van der Waals surface area contributed by atoms with E-state index in [1.54, 1.807) is 0 Å². The zero-order valence-electron chi connectivity index (χ0n) is 16.8. The number of pyridine rings is 1. The highest BCUT2D eigenvalue weighted by atomic mass is 35.5. The van der Waals surface area contributed by atoms with E-state index in [1.165, 1.54) is 64.2 Å². The molecule has 1 aromatic carbocycles. The summed E-state index contributed by atoms with van der Waals surface area (Å²) in [6, 6.07) is 9.98. The Bertz CT molecular complexity index is 647. The second kappa shape index (κ2) is 13.8. The van der Waals surface area contributed by atoms with Gasteiger partial charge in [-0.1, -0.05) is 75.6 Å². The summed E-state index contributed by atoms with van der Waals surface area (Å²) in [6.07, 6.45) is 12.7. The van der Waals surface area contributed by atoms with Crippen LogP contribution in [0.15, 0.2) is 30.3 Å². The van der Waals surface area contributed by atoms with E-state index in [2.05, 4.69) is 23.3 Å². The van der Waals surface area contributed by atoms with Gasteiger partial charge in [-0.15, -0.1) is 0 Å². The Morgan fingerprint density at radius 2 is 1.56 bits per heavy atom. The SMILES string of the molecule is CCCCCCOCCCCCCCCNc1ccc2cccc(Cl)c2n1.